The van der Waals surface area contributed by atoms with Crippen molar-refractivity contribution in [3.05, 3.63) is 60.8 Å². The number of allylic oxidation sites excluding steroid dienone is 9. The molecule has 1 saturated heterocycles. The van der Waals surface area contributed by atoms with Gasteiger partial charge >= 0.3 is 5.97 Å². The Balaban J connectivity index is 2.58. The molecule has 1 fully saturated rings. The van der Waals surface area contributed by atoms with Gasteiger partial charge in [0.2, 0.25) is 5.91 Å². The zero-order valence-electron chi connectivity index (χ0n) is 55.2. The topological polar surface area (TPSA) is 175 Å². The van der Waals surface area contributed by atoms with Gasteiger partial charge in [-0.2, -0.15) is 0 Å². The second-order valence-electron chi connectivity index (χ2n) is 25.0. The molecule has 1 heterocycles. The molecule has 0 aromatic carbocycles. The Kier molecular flexibility index (Phi) is 58.2. The summed E-state index contributed by atoms with van der Waals surface area (Å²) in [5, 5.41) is 57.2. The lowest BCUT2D eigenvalue weighted by atomic mass is 9.99. The number of hydrogen-bond acceptors (Lipinski definition) is 10. The second-order valence-corrected chi connectivity index (χ2v) is 25.0. The molecular weight excluding hydrogens is 1060 g/mol. The molecule has 85 heavy (non-hydrogen) atoms. The van der Waals surface area contributed by atoms with E-state index in [-0.39, 0.29) is 19.4 Å². The maximum absolute atomic E-state index is 13.5. The molecule has 1 amide bonds. The van der Waals surface area contributed by atoms with Crippen LogP contribution in [0, 0.1) is 0 Å². The van der Waals surface area contributed by atoms with Crippen molar-refractivity contribution in [2.45, 2.75) is 384 Å². The van der Waals surface area contributed by atoms with Crippen LogP contribution in [-0.4, -0.2) is 99.6 Å². The van der Waals surface area contributed by atoms with Crippen molar-refractivity contribution in [2.75, 3.05) is 13.2 Å². The Morgan fingerprint density at radius 1 is 0.459 bits per heavy atom. The monoisotopic (exact) mass is 1200 g/mol. The van der Waals surface area contributed by atoms with Gasteiger partial charge in [-0.15, -0.1) is 0 Å². The summed E-state index contributed by atoms with van der Waals surface area (Å²) in [6.45, 7) is 5.78. The van der Waals surface area contributed by atoms with E-state index >= 15 is 0 Å². The third kappa shape index (κ3) is 48.9. The fraction of sp³-hybridized carbons (Fsp3) is 0.838. The van der Waals surface area contributed by atoms with E-state index in [2.05, 4.69) is 68.6 Å². The number of esters is 1. The van der Waals surface area contributed by atoms with Gasteiger partial charge in [0.1, 0.15) is 24.4 Å². The minimum Gasteiger partial charge on any atom is -0.454 e. The van der Waals surface area contributed by atoms with E-state index in [4.69, 9.17) is 14.2 Å². The number of rotatable bonds is 62. The fourth-order valence-electron chi connectivity index (χ4n) is 11.2. The van der Waals surface area contributed by atoms with E-state index in [0.29, 0.717) is 19.3 Å². The predicted octanol–water partition coefficient (Wildman–Crippen LogP) is 18.5. The molecule has 0 aliphatic carbocycles. The summed E-state index contributed by atoms with van der Waals surface area (Å²) in [5.74, 6) is -1.24. The lowest BCUT2D eigenvalue weighted by Gasteiger charge is -2.41. The van der Waals surface area contributed by atoms with Crippen LogP contribution in [-0.2, 0) is 23.8 Å². The third-order valence-corrected chi connectivity index (χ3v) is 16.9. The molecule has 1 rings (SSSR count). The first-order chi connectivity index (χ1) is 41.7. The molecule has 11 heteroatoms. The highest BCUT2D eigenvalue weighted by Gasteiger charge is 2.47. The minimum absolute atomic E-state index is 0.0480. The molecule has 0 saturated carbocycles. The highest BCUT2D eigenvalue weighted by atomic mass is 16.7. The summed E-state index contributed by atoms with van der Waals surface area (Å²) in [6, 6.07) is -1.04. The van der Waals surface area contributed by atoms with Crippen LogP contribution in [0.1, 0.15) is 335 Å². The predicted molar refractivity (Wildman–Crippen MR) is 356 cm³/mol. The van der Waals surface area contributed by atoms with E-state index in [1.54, 1.807) is 6.08 Å². The number of unbranched alkanes of at least 4 members (excludes halogenated alkanes) is 40. The molecule has 1 aliphatic rings. The molecule has 0 aromatic heterocycles. The Labute approximate surface area is 522 Å². The fourth-order valence-corrected chi connectivity index (χ4v) is 11.2. The number of hydrogen-bond donors (Lipinski definition) is 6. The average Bonchev–Trinajstić information content (AvgIpc) is 3.16. The smallest absolute Gasteiger partial charge is 0.306 e. The minimum atomic E-state index is -1.64. The number of amides is 1. The second kappa shape index (κ2) is 61.6. The maximum Gasteiger partial charge on any atom is 0.306 e. The van der Waals surface area contributed by atoms with Crippen molar-refractivity contribution in [2.24, 2.45) is 0 Å². The van der Waals surface area contributed by atoms with Gasteiger partial charge in [0.05, 0.1) is 25.4 Å². The summed E-state index contributed by atoms with van der Waals surface area (Å²) in [7, 11) is 0. The molecule has 0 aromatic rings. The van der Waals surface area contributed by atoms with E-state index in [1.165, 1.54) is 218 Å². The highest BCUT2D eigenvalue weighted by molar-refractivity contribution is 5.80. The standard InChI is InChI=1S/C74H135NO10/c1-4-7-10-13-16-19-22-25-27-29-30-31-32-33-34-35-36-37-39-40-43-46-49-52-55-58-61-67(78)73(82)75-65(66(77)60-57-54-51-48-45-42-24-21-18-15-12-9-6-3)64-83-74-72(71(81)70(80)68(63-76)84-74)85-69(79)62-59-56-53-50-47-44-41-38-28-26-23-20-17-14-11-8-5-2/h17,20,26,28,41,44,50,53,57,60,65-68,70-72,74,76-78,80-81H,4-16,18-19,21-25,27,29-40,42-43,45-49,51-52,54-56,58-59,61-64H2,1-3H3,(H,75,82)/b20-17-,28-26-,44-41-,53-50-,60-57+. The van der Waals surface area contributed by atoms with Crippen molar-refractivity contribution in [3.63, 3.8) is 0 Å². The summed E-state index contributed by atoms with van der Waals surface area (Å²) < 4.78 is 17.6. The number of ether oxygens (including phenoxy) is 3. The Hall–Kier alpha value is -2.64. The SMILES string of the molecule is CCCCC/C=C\C/C=C\C/C=C\C/C=C\CCCC(=O)OC1C(OCC(NC(=O)C(O)CCCCCCCCCCCCCCCCCCCCCCCCCCCC)C(O)/C=C/CCCCCCCCCCCCC)OC(CO)C(O)C1O. The van der Waals surface area contributed by atoms with E-state index in [9.17, 15) is 35.1 Å². The van der Waals surface area contributed by atoms with Gasteiger partial charge in [-0.1, -0.05) is 326 Å². The van der Waals surface area contributed by atoms with Crippen LogP contribution in [0.15, 0.2) is 60.8 Å². The third-order valence-electron chi connectivity index (χ3n) is 16.9. The summed E-state index contributed by atoms with van der Waals surface area (Å²) in [5.41, 5.74) is 0. The van der Waals surface area contributed by atoms with E-state index < -0.39 is 67.4 Å². The van der Waals surface area contributed by atoms with Crippen LogP contribution < -0.4 is 5.32 Å². The molecule has 0 bridgehead atoms. The van der Waals surface area contributed by atoms with Gasteiger partial charge in [-0.3, -0.25) is 9.59 Å². The van der Waals surface area contributed by atoms with Gasteiger partial charge in [-0.25, -0.2) is 0 Å². The summed E-state index contributed by atoms with van der Waals surface area (Å²) >= 11 is 0. The van der Waals surface area contributed by atoms with Gasteiger partial charge in [0.15, 0.2) is 12.4 Å². The van der Waals surface area contributed by atoms with Crippen molar-refractivity contribution in [1.29, 1.82) is 0 Å². The van der Waals surface area contributed by atoms with E-state index in [1.807, 2.05) is 12.2 Å². The molecule has 496 valence electrons. The van der Waals surface area contributed by atoms with Crippen LogP contribution in [0.5, 0.6) is 0 Å². The average molecular weight is 1200 g/mol. The molecule has 8 unspecified atom stereocenters. The largest absolute Gasteiger partial charge is 0.454 e. The number of carbonyl (C=O) groups is 2. The molecule has 8 atom stereocenters. The quantitative estimate of drug-likeness (QED) is 0.0195. The van der Waals surface area contributed by atoms with Gasteiger partial charge in [-0.05, 0) is 64.2 Å². The van der Waals surface area contributed by atoms with Crippen LogP contribution in [0.3, 0.4) is 0 Å². The lowest BCUT2D eigenvalue weighted by Crippen LogP contribution is -2.61. The summed E-state index contributed by atoms with van der Waals surface area (Å²) in [4.78, 5) is 26.6. The molecule has 11 nitrogen and oxygen atoms in total. The number of nitrogens with one attached hydrogen (secondary N) is 1. The Morgan fingerprint density at radius 2 is 0.812 bits per heavy atom. The lowest BCUT2D eigenvalue weighted by molar-refractivity contribution is -0.305. The highest BCUT2D eigenvalue weighted by Crippen LogP contribution is 2.26. The zero-order valence-corrected chi connectivity index (χ0v) is 55.2. The van der Waals surface area contributed by atoms with Crippen LogP contribution in [0.4, 0.5) is 0 Å². The summed E-state index contributed by atoms with van der Waals surface area (Å²) in [6.07, 6.45) is 68.5. The van der Waals surface area contributed by atoms with Crippen LogP contribution >= 0.6 is 0 Å². The van der Waals surface area contributed by atoms with Crippen molar-refractivity contribution in [1.82, 2.24) is 5.32 Å². The van der Waals surface area contributed by atoms with E-state index in [0.717, 1.165) is 64.2 Å². The number of aliphatic hydroxyl groups is 5. The first-order valence-electron chi connectivity index (χ1n) is 36.1. The first-order valence-corrected chi connectivity index (χ1v) is 36.1. The van der Waals surface area contributed by atoms with Crippen molar-refractivity contribution >= 4 is 11.9 Å². The van der Waals surface area contributed by atoms with Gasteiger partial charge in [0, 0.05) is 6.42 Å². The first kappa shape index (κ1) is 80.4. The van der Waals surface area contributed by atoms with Crippen LogP contribution in [0.25, 0.3) is 0 Å². The molecule has 1 aliphatic heterocycles. The van der Waals surface area contributed by atoms with Gasteiger partial charge < -0.3 is 45.1 Å². The number of aliphatic hydroxyl groups excluding tert-OH is 5. The van der Waals surface area contributed by atoms with Crippen LogP contribution in [0.2, 0.25) is 0 Å². The normalized spacial score (nSPS) is 18.7. The van der Waals surface area contributed by atoms with Gasteiger partial charge in [0.25, 0.3) is 0 Å². The number of carbonyl (C=O) groups excluding carboxylic acids is 2. The Morgan fingerprint density at radius 3 is 1.24 bits per heavy atom. The molecule has 6 N–H and O–H groups in total. The molecule has 0 spiro atoms. The van der Waals surface area contributed by atoms with Crippen molar-refractivity contribution < 1.29 is 49.3 Å². The Bertz CT molecular complexity index is 1620. The zero-order chi connectivity index (χ0) is 61.7. The molecular formula is C74H135NO10. The molecule has 0 radical (unpaired) electrons. The maximum atomic E-state index is 13.5. The van der Waals surface area contributed by atoms with Crippen molar-refractivity contribution in [3.8, 4) is 0 Å².